The molecule has 164 valence electrons. The van der Waals surface area contributed by atoms with E-state index in [2.05, 4.69) is 10.2 Å². The van der Waals surface area contributed by atoms with Gasteiger partial charge < -0.3 is 19.4 Å². The fourth-order valence-electron chi connectivity index (χ4n) is 3.69. The maximum absolute atomic E-state index is 12.8. The second-order valence-corrected chi connectivity index (χ2v) is 8.26. The molecule has 0 saturated carbocycles. The summed E-state index contributed by atoms with van der Waals surface area (Å²) in [5.74, 6) is 1.11. The number of carbonyl (C=O) groups excluding carboxylic acids is 2. The molecule has 10 heteroatoms. The average molecular weight is 445 g/mol. The van der Waals surface area contributed by atoms with Crippen molar-refractivity contribution in [3.63, 3.8) is 0 Å². The van der Waals surface area contributed by atoms with Crippen LogP contribution in [0.2, 0.25) is 5.02 Å². The Hall–Kier alpha value is -3.07. The lowest BCUT2D eigenvalue weighted by atomic mass is 10.3. The number of ether oxygens (including phenoxy) is 1. The Balaban J connectivity index is 1.28. The smallest absolute Gasteiger partial charge is 0.325 e. The number of amides is 3. The first-order valence-corrected chi connectivity index (χ1v) is 10.6. The molecule has 0 radical (unpaired) electrons. The van der Waals surface area contributed by atoms with Gasteiger partial charge in [-0.25, -0.2) is 4.79 Å². The summed E-state index contributed by atoms with van der Waals surface area (Å²) in [7, 11) is 3.79. The molecule has 0 spiro atoms. The second-order valence-electron chi connectivity index (χ2n) is 7.82. The summed E-state index contributed by atoms with van der Waals surface area (Å²) in [5, 5.41) is 8.81. The third kappa shape index (κ3) is 4.82. The highest BCUT2D eigenvalue weighted by Crippen LogP contribution is 2.23. The summed E-state index contributed by atoms with van der Waals surface area (Å²) in [6, 6.07) is 10.6. The van der Waals surface area contributed by atoms with E-state index in [4.69, 9.17) is 16.3 Å². The lowest BCUT2D eigenvalue weighted by Crippen LogP contribution is -2.42. The van der Waals surface area contributed by atoms with Gasteiger partial charge >= 0.3 is 6.03 Å². The molecule has 3 heterocycles. The molecule has 1 atom stereocenters. The van der Waals surface area contributed by atoms with Gasteiger partial charge in [-0.2, -0.15) is 0 Å². The van der Waals surface area contributed by atoms with Crippen molar-refractivity contribution in [3.05, 3.63) is 41.4 Å². The molecule has 2 saturated heterocycles. The molecular formula is C21H25ClN6O3. The highest BCUT2D eigenvalue weighted by molar-refractivity contribution is 6.30. The van der Waals surface area contributed by atoms with Gasteiger partial charge in [-0.1, -0.05) is 11.6 Å². The SMILES string of the molecule is CN(C)c1ccc(OC2CCN(C(=O)CN3CCN(c4ccc(Cl)cc4)C3=O)C2)nn1. The van der Waals surface area contributed by atoms with Gasteiger partial charge in [0.15, 0.2) is 5.82 Å². The summed E-state index contributed by atoms with van der Waals surface area (Å²) in [6.45, 7) is 2.18. The van der Waals surface area contributed by atoms with E-state index in [1.54, 1.807) is 32.9 Å². The molecule has 2 aliphatic heterocycles. The van der Waals surface area contributed by atoms with E-state index >= 15 is 0 Å². The molecule has 0 aliphatic carbocycles. The van der Waals surface area contributed by atoms with E-state index in [0.29, 0.717) is 43.5 Å². The van der Waals surface area contributed by atoms with Crippen LogP contribution >= 0.6 is 11.6 Å². The molecule has 2 aromatic rings. The van der Waals surface area contributed by atoms with E-state index in [9.17, 15) is 9.59 Å². The molecule has 2 fully saturated rings. The van der Waals surface area contributed by atoms with Crippen molar-refractivity contribution in [2.45, 2.75) is 12.5 Å². The van der Waals surface area contributed by atoms with Gasteiger partial charge in [0.05, 0.1) is 6.54 Å². The van der Waals surface area contributed by atoms with Crippen LogP contribution in [0.5, 0.6) is 5.88 Å². The standard InChI is InChI=1S/C21H25ClN6O3/c1-25(2)18-7-8-19(24-23-18)31-17-9-10-26(13-17)20(29)14-27-11-12-28(21(27)30)16-5-3-15(22)4-6-16/h3-8,17H,9-14H2,1-2H3. The van der Waals surface area contributed by atoms with E-state index in [0.717, 1.165) is 11.5 Å². The van der Waals surface area contributed by atoms with Gasteiger partial charge in [-0.05, 0) is 30.3 Å². The quantitative estimate of drug-likeness (QED) is 0.678. The predicted octanol–water partition coefficient (Wildman–Crippen LogP) is 2.12. The summed E-state index contributed by atoms with van der Waals surface area (Å²) < 4.78 is 5.88. The Labute approximate surface area is 186 Å². The van der Waals surface area contributed by atoms with Gasteiger partial charge in [-0.3, -0.25) is 9.69 Å². The van der Waals surface area contributed by atoms with Crippen molar-refractivity contribution < 1.29 is 14.3 Å². The first kappa shape index (κ1) is 21.2. The minimum atomic E-state index is -0.168. The van der Waals surface area contributed by atoms with Crippen molar-refractivity contribution in [1.82, 2.24) is 20.0 Å². The van der Waals surface area contributed by atoms with Crippen molar-refractivity contribution >= 4 is 35.0 Å². The topological polar surface area (TPSA) is 82.1 Å². The van der Waals surface area contributed by atoms with Crippen LogP contribution in [0.4, 0.5) is 16.3 Å². The second kappa shape index (κ2) is 8.97. The molecule has 1 unspecified atom stereocenters. The Kier molecular flexibility index (Phi) is 6.13. The number of anilines is 2. The summed E-state index contributed by atoms with van der Waals surface area (Å²) in [6.07, 6.45) is 0.580. The zero-order chi connectivity index (χ0) is 22.0. The molecule has 2 aliphatic rings. The fraction of sp³-hybridized carbons (Fsp3) is 0.429. The van der Waals surface area contributed by atoms with Crippen molar-refractivity contribution in [3.8, 4) is 5.88 Å². The van der Waals surface area contributed by atoms with Gasteiger partial charge in [0.1, 0.15) is 12.6 Å². The highest BCUT2D eigenvalue weighted by atomic mass is 35.5. The average Bonchev–Trinajstić information content (AvgIpc) is 3.36. The van der Waals surface area contributed by atoms with Crippen molar-refractivity contribution in [2.75, 3.05) is 56.6 Å². The van der Waals surface area contributed by atoms with Gasteiger partial charge in [0.2, 0.25) is 11.8 Å². The van der Waals surface area contributed by atoms with E-state index in [1.165, 1.54) is 0 Å². The number of halogens is 1. The van der Waals surface area contributed by atoms with Crippen molar-refractivity contribution in [1.29, 1.82) is 0 Å². The van der Waals surface area contributed by atoms with Crippen LogP contribution in [0.15, 0.2) is 36.4 Å². The minimum Gasteiger partial charge on any atom is -0.471 e. The normalized spacial score (nSPS) is 18.6. The number of carbonyl (C=O) groups is 2. The minimum absolute atomic E-state index is 0.0625. The summed E-state index contributed by atoms with van der Waals surface area (Å²) in [5.41, 5.74) is 0.778. The van der Waals surface area contributed by atoms with Crippen LogP contribution in [-0.4, -0.2) is 84.9 Å². The number of benzene rings is 1. The van der Waals surface area contributed by atoms with Crippen molar-refractivity contribution in [2.24, 2.45) is 0 Å². The molecule has 0 N–H and O–H groups in total. The van der Waals surface area contributed by atoms with Crippen LogP contribution in [-0.2, 0) is 4.79 Å². The van der Waals surface area contributed by atoms with Crippen LogP contribution in [0.1, 0.15) is 6.42 Å². The molecule has 1 aromatic heterocycles. The summed E-state index contributed by atoms with van der Waals surface area (Å²) in [4.78, 5) is 32.3. The molecule has 9 nitrogen and oxygen atoms in total. The number of nitrogens with zero attached hydrogens (tertiary/aromatic N) is 6. The van der Waals surface area contributed by atoms with Gasteiger partial charge in [-0.15, -0.1) is 10.2 Å². The number of aromatic nitrogens is 2. The Bertz CT molecular complexity index is 937. The molecule has 0 bridgehead atoms. The third-order valence-corrected chi connectivity index (χ3v) is 5.68. The number of rotatable bonds is 6. The monoisotopic (exact) mass is 444 g/mol. The van der Waals surface area contributed by atoms with E-state index < -0.39 is 0 Å². The van der Waals surface area contributed by atoms with Gasteiger partial charge in [0.25, 0.3) is 0 Å². The zero-order valence-electron chi connectivity index (χ0n) is 17.6. The van der Waals surface area contributed by atoms with Crippen LogP contribution in [0, 0.1) is 0 Å². The fourth-order valence-corrected chi connectivity index (χ4v) is 3.82. The maximum Gasteiger partial charge on any atom is 0.325 e. The maximum atomic E-state index is 12.8. The number of hydrogen-bond donors (Lipinski definition) is 0. The van der Waals surface area contributed by atoms with Crippen LogP contribution < -0.4 is 14.5 Å². The molecule has 4 rings (SSSR count). The van der Waals surface area contributed by atoms with E-state index in [-0.39, 0.29) is 24.6 Å². The Morgan fingerprint density at radius 2 is 1.90 bits per heavy atom. The number of hydrogen-bond acceptors (Lipinski definition) is 6. The van der Waals surface area contributed by atoms with E-state index in [1.807, 2.05) is 37.2 Å². The van der Waals surface area contributed by atoms with Crippen LogP contribution in [0.3, 0.4) is 0 Å². The first-order chi connectivity index (χ1) is 14.9. The zero-order valence-corrected chi connectivity index (χ0v) is 18.3. The Morgan fingerprint density at radius 1 is 1.13 bits per heavy atom. The molecule has 1 aromatic carbocycles. The summed E-state index contributed by atoms with van der Waals surface area (Å²) >= 11 is 5.92. The number of urea groups is 1. The molecular weight excluding hydrogens is 420 g/mol. The highest BCUT2D eigenvalue weighted by Gasteiger charge is 2.34. The molecule has 3 amide bonds. The third-order valence-electron chi connectivity index (χ3n) is 5.43. The van der Waals surface area contributed by atoms with Crippen LogP contribution in [0.25, 0.3) is 0 Å². The molecule has 31 heavy (non-hydrogen) atoms. The predicted molar refractivity (Wildman–Crippen MR) is 118 cm³/mol. The largest absolute Gasteiger partial charge is 0.471 e. The van der Waals surface area contributed by atoms with Gasteiger partial charge in [0, 0.05) is 56.9 Å². The number of likely N-dealkylation sites (tertiary alicyclic amines) is 1. The first-order valence-electron chi connectivity index (χ1n) is 10.2. The lowest BCUT2D eigenvalue weighted by molar-refractivity contribution is -0.130. The Morgan fingerprint density at radius 3 is 2.58 bits per heavy atom. The lowest BCUT2D eigenvalue weighted by Gasteiger charge is -2.22.